The zero-order chi connectivity index (χ0) is 15.5. The average molecular weight is 311 g/mol. The van der Waals surface area contributed by atoms with Crippen LogP contribution in [-0.4, -0.2) is 10.8 Å². The van der Waals surface area contributed by atoms with E-state index in [1.165, 1.54) is 21.5 Å². The zero-order valence-electron chi connectivity index (χ0n) is 13.2. The number of hydrogen-bond donors (Lipinski definition) is 0. The maximum absolute atomic E-state index is 6.23. The van der Waals surface area contributed by atoms with Crippen molar-refractivity contribution in [1.29, 1.82) is 0 Å². The first kappa shape index (κ1) is 15.0. The van der Waals surface area contributed by atoms with E-state index in [0.29, 0.717) is 0 Å². The molecule has 114 valence electrons. The smallest absolute Gasteiger partial charge is 0.138 e. The molecule has 0 spiro atoms. The number of thioether (sulfide) groups is 1. The fourth-order valence-corrected chi connectivity index (χ4v) is 3.20. The van der Waals surface area contributed by atoms with Gasteiger partial charge >= 0.3 is 0 Å². The van der Waals surface area contributed by atoms with Gasteiger partial charge in [-0.3, -0.25) is 0 Å². The zero-order valence-corrected chi connectivity index (χ0v) is 14.1. The van der Waals surface area contributed by atoms with Crippen LogP contribution >= 0.6 is 11.8 Å². The Balaban J connectivity index is 1.90. The largest absolute Gasteiger partial charge is 0.484 e. The lowest BCUT2D eigenvalue weighted by molar-refractivity contribution is 0.193. The van der Waals surface area contributed by atoms with Gasteiger partial charge in [-0.2, -0.15) is 0 Å². The van der Waals surface area contributed by atoms with E-state index in [-0.39, 0.29) is 6.10 Å². The third-order valence-electron chi connectivity index (χ3n) is 4.03. The van der Waals surface area contributed by atoms with E-state index < -0.39 is 0 Å². The monoisotopic (exact) mass is 311 g/mol. The van der Waals surface area contributed by atoms with Crippen LogP contribution in [0.1, 0.15) is 25.1 Å². The number of para-hydroxylation sites is 1. The van der Waals surface area contributed by atoms with E-state index in [9.17, 15) is 0 Å². The Bertz CT molecular complexity index is 761. The predicted molar refractivity (Wildman–Crippen MR) is 94.8 cm³/mol. The molecule has 3 aromatic rings. The number of nitrogens with zero attached hydrogens (tertiary/aromatic N) is 1. The Morgan fingerprint density at radius 3 is 2.45 bits per heavy atom. The average Bonchev–Trinajstić information content (AvgIpc) is 2.90. The first-order valence-corrected chi connectivity index (χ1v) is 8.80. The number of aromatic nitrogens is 1. The van der Waals surface area contributed by atoms with Gasteiger partial charge in [0.25, 0.3) is 0 Å². The van der Waals surface area contributed by atoms with Gasteiger partial charge in [0.05, 0.1) is 5.69 Å². The van der Waals surface area contributed by atoms with Gasteiger partial charge in [0.15, 0.2) is 0 Å². The third kappa shape index (κ3) is 2.86. The second-order valence-electron chi connectivity index (χ2n) is 5.38. The number of hydrogen-bond acceptors (Lipinski definition) is 2. The van der Waals surface area contributed by atoms with Crippen molar-refractivity contribution in [2.24, 2.45) is 7.05 Å². The van der Waals surface area contributed by atoms with Crippen molar-refractivity contribution >= 4 is 22.7 Å². The molecule has 0 radical (unpaired) electrons. The van der Waals surface area contributed by atoms with Crippen LogP contribution < -0.4 is 4.74 Å². The SMILES string of the molecule is CCC(Oc1ccc(SC)cc1)c1cc2ccccc2n1C. The van der Waals surface area contributed by atoms with Crippen LogP contribution in [0.5, 0.6) is 5.75 Å². The van der Waals surface area contributed by atoms with Crippen molar-refractivity contribution in [1.82, 2.24) is 4.57 Å². The summed E-state index contributed by atoms with van der Waals surface area (Å²) in [4.78, 5) is 1.25. The highest BCUT2D eigenvalue weighted by molar-refractivity contribution is 7.98. The first-order valence-electron chi connectivity index (χ1n) is 7.58. The molecule has 0 aliphatic rings. The minimum absolute atomic E-state index is 0.0672. The minimum atomic E-state index is 0.0672. The van der Waals surface area contributed by atoms with Crippen molar-refractivity contribution in [3.05, 3.63) is 60.3 Å². The molecule has 3 heteroatoms. The number of rotatable bonds is 5. The van der Waals surface area contributed by atoms with Crippen LogP contribution in [0.2, 0.25) is 0 Å². The second-order valence-corrected chi connectivity index (χ2v) is 6.26. The Morgan fingerprint density at radius 1 is 1.09 bits per heavy atom. The summed E-state index contributed by atoms with van der Waals surface area (Å²) in [5.41, 5.74) is 2.47. The molecule has 3 rings (SSSR count). The van der Waals surface area contributed by atoms with E-state index in [1.807, 2.05) is 0 Å². The molecule has 0 saturated heterocycles. The lowest BCUT2D eigenvalue weighted by atomic mass is 10.2. The van der Waals surface area contributed by atoms with Gasteiger partial charge < -0.3 is 9.30 Å². The molecule has 2 nitrogen and oxygen atoms in total. The summed E-state index contributed by atoms with van der Waals surface area (Å²) < 4.78 is 8.47. The van der Waals surface area contributed by atoms with E-state index in [1.54, 1.807) is 11.8 Å². The van der Waals surface area contributed by atoms with Gasteiger partial charge in [-0.25, -0.2) is 0 Å². The Labute approximate surface area is 136 Å². The number of fused-ring (bicyclic) bond motifs is 1. The predicted octanol–water partition coefficient (Wildman–Crippen LogP) is 5.43. The van der Waals surface area contributed by atoms with Crippen LogP contribution in [-0.2, 0) is 7.05 Å². The van der Waals surface area contributed by atoms with Crippen molar-refractivity contribution < 1.29 is 4.74 Å². The van der Waals surface area contributed by atoms with Crippen molar-refractivity contribution in [2.75, 3.05) is 6.26 Å². The number of aryl methyl sites for hydroxylation is 1. The molecule has 0 amide bonds. The van der Waals surface area contributed by atoms with Crippen molar-refractivity contribution in [2.45, 2.75) is 24.3 Å². The maximum Gasteiger partial charge on any atom is 0.138 e. The summed E-state index contributed by atoms with van der Waals surface area (Å²) in [7, 11) is 2.11. The van der Waals surface area contributed by atoms with E-state index in [4.69, 9.17) is 4.74 Å². The fraction of sp³-hybridized carbons (Fsp3) is 0.263. The summed E-state index contributed by atoms with van der Waals surface area (Å²) >= 11 is 1.74. The topological polar surface area (TPSA) is 14.2 Å². The summed E-state index contributed by atoms with van der Waals surface area (Å²) in [5.74, 6) is 0.926. The van der Waals surface area contributed by atoms with Gasteiger partial charge in [-0.05, 0) is 54.5 Å². The first-order chi connectivity index (χ1) is 10.7. The lowest BCUT2D eigenvalue weighted by Crippen LogP contribution is -2.10. The Hall–Kier alpha value is -1.87. The molecular weight excluding hydrogens is 290 g/mol. The number of benzene rings is 2. The van der Waals surface area contributed by atoms with E-state index in [0.717, 1.165) is 12.2 Å². The Morgan fingerprint density at radius 2 is 1.82 bits per heavy atom. The summed E-state index contributed by atoms with van der Waals surface area (Å²) in [6, 6.07) is 19.0. The molecule has 1 unspecified atom stereocenters. The fourth-order valence-electron chi connectivity index (χ4n) is 2.79. The molecule has 22 heavy (non-hydrogen) atoms. The molecular formula is C19H21NOS. The van der Waals surface area contributed by atoms with Gasteiger partial charge in [0.2, 0.25) is 0 Å². The molecule has 0 bridgehead atoms. The van der Waals surface area contributed by atoms with Gasteiger partial charge in [-0.15, -0.1) is 11.8 Å². The molecule has 2 aromatic carbocycles. The molecule has 0 N–H and O–H groups in total. The second kappa shape index (κ2) is 6.49. The highest BCUT2D eigenvalue weighted by Gasteiger charge is 2.16. The molecule has 0 aliphatic carbocycles. The standard InChI is InChI=1S/C19H21NOS/c1-4-19(21-15-9-11-16(22-3)12-10-15)18-13-14-7-5-6-8-17(14)20(18)2/h5-13,19H,4H2,1-3H3. The molecule has 0 aliphatic heterocycles. The van der Waals surface area contributed by atoms with Crippen LogP contribution in [0.25, 0.3) is 10.9 Å². The molecule has 0 saturated carbocycles. The van der Waals surface area contributed by atoms with Crippen LogP contribution in [0, 0.1) is 0 Å². The van der Waals surface area contributed by atoms with Crippen molar-refractivity contribution in [3.63, 3.8) is 0 Å². The van der Waals surface area contributed by atoms with Crippen LogP contribution in [0.4, 0.5) is 0 Å². The van der Waals surface area contributed by atoms with Gasteiger partial charge in [0.1, 0.15) is 11.9 Å². The quantitative estimate of drug-likeness (QED) is 0.583. The van der Waals surface area contributed by atoms with Gasteiger partial charge in [0, 0.05) is 17.5 Å². The molecule has 1 atom stereocenters. The molecule has 1 heterocycles. The molecule has 1 aromatic heterocycles. The van der Waals surface area contributed by atoms with Crippen molar-refractivity contribution in [3.8, 4) is 5.75 Å². The number of ether oxygens (including phenoxy) is 1. The summed E-state index contributed by atoms with van der Waals surface area (Å²) in [6.07, 6.45) is 3.09. The van der Waals surface area contributed by atoms with E-state index in [2.05, 4.69) is 79.4 Å². The Kier molecular flexibility index (Phi) is 4.44. The highest BCUT2D eigenvalue weighted by Crippen LogP contribution is 2.30. The molecule has 0 fully saturated rings. The lowest BCUT2D eigenvalue weighted by Gasteiger charge is -2.19. The van der Waals surface area contributed by atoms with Crippen LogP contribution in [0.15, 0.2) is 59.5 Å². The normalized spacial score (nSPS) is 12.5. The third-order valence-corrected chi connectivity index (χ3v) is 4.77. The highest BCUT2D eigenvalue weighted by atomic mass is 32.2. The summed E-state index contributed by atoms with van der Waals surface area (Å²) in [6.45, 7) is 2.17. The van der Waals surface area contributed by atoms with Gasteiger partial charge in [-0.1, -0.05) is 25.1 Å². The summed E-state index contributed by atoms with van der Waals surface area (Å²) in [5, 5.41) is 1.26. The minimum Gasteiger partial charge on any atom is -0.484 e. The van der Waals surface area contributed by atoms with Crippen LogP contribution in [0.3, 0.4) is 0 Å². The van der Waals surface area contributed by atoms with E-state index >= 15 is 0 Å². The maximum atomic E-state index is 6.23.